The molecule has 0 aliphatic rings. The van der Waals surface area contributed by atoms with Crippen LogP contribution in [0.5, 0.6) is 0 Å². The van der Waals surface area contributed by atoms with E-state index in [1.165, 1.54) is 0 Å². The van der Waals surface area contributed by atoms with Crippen molar-refractivity contribution in [2.75, 3.05) is 18.4 Å². The van der Waals surface area contributed by atoms with Gasteiger partial charge in [-0.15, -0.1) is 0 Å². The van der Waals surface area contributed by atoms with Crippen LogP contribution >= 0.6 is 0 Å². The van der Waals surface area contributed by atoms with Crippen LogP contribution in [0.2, 0.25) is 0 Å². The van der Waals surface area contributed by atoms with Crippen LogP contribution in [-0.4, -0.2) is 29.0 Å². The van der Waals surface area contributed by atoms with Crippen LogP contribution in [0.15, 0.2) is 43.0 Å². The molecule has 2 rings (SSSR count). The third-order valence-electron chi connectivity index (χ3n) is 2.88. The normalized spacial score (nSPS) is 10.1. The molecule has 2 heterocycles. The first-order chi connectivity index (χ1) is 9.81. The zero-order chi connectivity index (χ0) is 14.2. The molecule has 20 heavy (non-hydrogen) atoms. The fourth-order valence-electron chi connectivity index (χ4n) is 1.89. The highest BCUT2D eigenvalue weighted by Gasteiger charge is 2.10. The quantitative estimate of drug-likeness (QED) is 0.841. The molecule has 0 aliphatic heterocycles. The van der Waals surface area contributed by atoms with Crippen molar-refractivity contribution in [1.29, 1.82) is 0 Å². The Bertz CT molecular complexity index is 557. The lowest BCUT2D eigenvalue weighted by atomic mass is 10.2. The molecule has 104 valence electrons. The number of carbonyl (C=O) groups excluding carboxylic acids is 1. The van der Waals surface area contributed by atoms with E-state index in [2.05, 4.69) is 20.6 Å². The number of rotatable bonds is 6. The molecule has 0 aromatic carbocycles. The van der Waals surface area contributed by atoms with Gasteiger partial charge in [-0.2, -0.15) is 0 Å². The summed E-state index contributed by atoms with van der Waals surface area (Å²) in [6.07, 6.45) is 7.54. The minimum absolute atomic E-state index is 0.108. The maximum absolute atomic E-state index is 12.1. The van der Waals surface area contributed by atoms with Crippen LogP contribution in [0.3, 0.4) is 0 Å². The molecular formula is C15H18N4O. The second kappa shape index (κ2) is 7.23. The van der Waals surface area contributed by atoms with Crippen molar-refractivity contribution >= 4 is 11.6 Å². The van der Waals surface area contributed by atoms with Crippen LogP contribution in [0.25, 0.3) is 0 Å². The predicted molar refractivity (Wildman–Crippen MR) is 78.7 cm³/mol. The van der Waals surface area contributed by atoms with Gasteiger partial charge in [0, 0.05) is 37.9 Å². The lowest BCUT2D eigenvalue weighted by Gasteiger charge is -2.10. The van der Waals surface area contributed by atoms with Gasteiger partial charge in [-0.25, -0.2) is 0 Å². The zero-order valence-electron chi connectivity index (χ0n) is 11.5. The van der Waals surface area contributed by atoms with Crippen molar-refractivity contribution in [2.24, 2.45) is 0 Å². The summed E-state index contributed by atoms with van der Waals surface area (Å²) in [6.45, 7) is 3.34. The summed E-state index contributed by atoms with van der Waals surface area (Å²) in [5.41, 5.74) is 2.53. The minimum atomic E-state index is -0.108. The van der Waals surface area contributed by atoms with Gasteiger partial charge >= 0.3 is 0 Å². The van der Waals surface area contributed by atoms with E-state index in [1.807, 2.05) is 19.1 Å². The molecule has 0 spiro atoms. The highest BCUT2D eigenvalue weighted by Crippen LogP contribution is 2.12. The number of aromatic nitrogens is 2. The Labute approximate surface area is 118 Å². The van der Waals surface area contributed by atoms with E-state index >= 15 is 0 Å². The van der Waals surface area contributed by atoms with Crippen molar-refractivity contribution in [2.45, 2.75) is 13.3 Å². The maximum atomic E-state index is 12.1. The molecule has 0 saturated carbocycles. The summed E-state index contributed by atoms with van der Waals surface area (Å²) in [6, 6.07) is 5.70. The lowest BCUT2D eigenvalue weighted by Crippen LogP contribution is -2.26. The highest BCUT2D eigenvalue weighted by molar-refractivity contribution is 5.99. The molecule has 0 atom stereocenters. The van der Waals surface area contributed by atoms with Gasteiger partial charge < -0.3 is 10.6 Å². The molecule has 2 N–H and O–H groups in total. The Balaban J connectivity index is 1.92. The minimum Gasteiger partial charge on any atom is -0.385 e. The van der Waals surface area contributed by atoms with Crippen LogP contribution in [0.1, 0.15) is 22.8 Å². The number of nitrogens with one attached hydrogen (secondary N) is 2. The zero-order valence-corrected chi connectivity index (χ0v) is 11.5. The summed E-state index contributed by atoms with van der Waals surface area (Å²) in [4.78, 5) is 20.1. The standard InChI is InChI=1S/C15H18N4O/c1-2-18-14-6-9-17-11-13(14)15(20)19-10-5-12-3-7-16-8-4-12/h3-4,6-9,11H,2,5,10H2,1H3,(H,17,18)(H,19,20). The SMILES string of the molecule is CCNc1ccncc1C(=O)NCCc1ccncc1. The van der Waals surface area contributed by atoms with Gasteiger partial charge in [0.25, 0.3) is 5.91 Å². The number of anilines is 1. The number of carbonyl (C=O) groups is 1. The molecule has 0 fully saturated rings. The average molecular weight is 270 g/mol. The van der Waals surface area contributed by atoms with Gasteiger partial charge in [-0.3, -0.25) is 14.8 Å². The molecule has 5 nitrogen and oxygen atoms in total. The largest absolute Gasteiger partial charge is 0.385 e. The van der Waals surface area contributed by atoms with Crippen LogP contribution in [0.4, 0.5) is 5.69 Å². The Morgan fingerprint density at radius 1 is 1.15 bits per heavy atom. The van der Waals surface area contributed by atoms with E-state index in [-0.39, 0.29) is 5.91 Å². The number of hydrogen-bond donors (Lipinski definition) is 2. The summed E-state index contributed by atoms with van der Waals surface area (Å²) in [5, 5.41) is 6.06. The van der Waals surface area contributed by atoms with Crippen molar-refractivity contribution in [3.63, 3.8) is 0 Å². The third-order valence-corrected chi connectivity index (χ3v) is 2.88. The van der Waals surface area contributed by atoms with Gasteiger partial charge in [0.15, 0.2) is 0 Å². The number of pyridine rings is 2. The molecule has 1 amide bonds. The summed E-state index contributed by atoms with van der Waals surface area (Å²) >= 11 is 0. The summed E-state index contributed by atoms with van der Waals surface area (Å²) in [7, 11) is 0. The molecule has 0 radical (unpaired) electrons. The number of nitrogens with zero attached hydrogens (tertiary/aromatic N) is 2. The number of hydrogen-bond acceptors (Lipinski definition) is 4. The molecule has 0 saturated heterocycles. The van der Waals surface area contributed by atoms with Crippen LogP contribution in [0, 0.1) is 0 Å². The van der Waals surface area contributed by atoms with Crippen molar-refractivity contribution in [3.8, 4) is 0 Å². The Hall–Kier alpha value is -2.43. The summed E-state index contributed by atoms with van der Waals surface area (Å²) in [5.74, 6) is -0.108. The predicted octanol–water partition coefficient (Wildman–Crippen LogP) is 1.88. The van der Waals surface area contributed by atoms with Gasteiger partial charge in [0.2, 0.25) is 0 Å². The monoisotopic (exact) mass is 270 g/mol. The van der Waals surface area contributed by atoms with Crippen molar-refractivity contribution < 1.29 is 4.79 Å². The number of amides is 1. The van der Waals surface area contributed by atoms with E-state index in [4.69, 9.17) is 0 Å². The van der Waals surface area contributed by atoms with E-state index in [1.54, 1.807) is 30.9 Å². The molecule has 0 unspecified atom stereocenters. The van der Waals surface area contributed by atoms with Crippen LogP contribution < -0.4 is 10.6 Å². The Kier molecular flexibility index (Phi) is 5.06. The highest BCUT2D eigenvalue weighted by atomic mass is 16.1. The molecule has 5 heteroatoms. The van der Waals surface area contributed by atoms with Gasteiger partial charge in [-0.05, 0) is 37.1 Å². The van der Waals surface area contributed by atoms with E-state index in [9.17, 15) is 4.79 Å². The second-order valence-electron chi connectivity index (χ2n) is 4.31. The fraction of sp³-hybridized carbons (Fsp3) is 0.267. The van der Waals surface area contributed by atoms with Gasteiger partial charge in [0.1, 0.15) is 0 Å². The lowest BCUT2D eigenvalue weighted by molar-refractivity contribution is 0.0954. The topological polar surface area (TPSA) is 66.9 Å². The maximum Gasteiger partial charge on any atom is 0.254 e. The third kappa shape index (κ3) is 3.78. The summed E-state index contributed by atoms with van der Waals surface area (Å²) < 4.78 is 0. The Morgan fingerprint density at radius 3 is 2.65 bits per heavy atom. The first-order valence-electron chi connectivity index (χ1n) is 6.66. The van der Waals surface area contributed by atoms with Crippen molar-refractivity contribution in [1.82, 2.24) is 15.3 Å². The molecule has 2 aromatic rings. The smallest absolute Gasteiger partial charge is 0.254 e. The van der Waals surface area contributed by atoms with Gasteiger partial charge in [0.05, 0.1) is 11.3 Å². The average Bonchev–Trinajstić information content (AvgIpc) is 2.49. The first-order valence-corrected chi connectivity index (χ1v) is 6.66. The van der Waals surface area contributed by atoms with Crippen molar-refractivity contribution in [3.05, 3.63) is 54.1 Å². The molecular weight excluding hydrogens is 252 g/mol. The molecule has 0 aliphatic carbocycles. The Morgan fingerprint density at radius 2 is 1.90 bits per heavy atom. The second-order valence-corrected chi connectivity index (χ2v) is 4.31. The van der Waals surface area contributed by atoms with Gasteiger partial charge in [-0.1, -0.05) is 0 Å². The molecule has 0 bridgehead atoms. The van der Waals surface area contributed by atoms with E-state index in [0.717, 1.165) is 24.2 Å². The van der Waals surface area contributed by atoms with E-state index < -0.39 is 0 Å². The molecule has 2 aromatic heterocycles. The fourth-order valence-corrected chi connectivity index (χ4v) is 1.89. The van der Waals surface area contributed by atoms with E-state index in [0.29, 0.717) is 12.1 Å². The van der Waals surface area contributed by atoms with Crippen LogP contribution in [-0.2, 0) is 6.42 Å². The first kappa shape index (κ1) is 14.0.